The third kappa shape index (κ3) is 5.86. The van der Waals surface area contributed by atoms with Gasteiger partial charge in [0.05, 0.1) is 0 Å². The maximum Gasteiger partial charge on any atom is 0.240 e. The zero-order chi connectivity index (χ0) is 14.3. The molecule has 0 fully saturated rings. The molecule has 0 bridgehead atoms. The van der Waals surface area contributed by atoms with Gasteiger partial charge in [-0.3, -0.25) is 9.59 Å². The van der Waals surface area contributed by atoms with Crippen LogP contribution < -0.4 is 11.1 Å². The summed E-state index contributed by atoms with van der Waals surface area (Å²) in [5, 5.41) is 2.64. The Labute approximate surface area is 113 Å². The first-order chi connectivity index (χ1) is 8.99. The average Bonchev–Trinajstić information content (AvgIpc) is 2.36. The van der Waals surface area contributed by atoms with Crippen LogP contribution >= 0.6 is 0 Å². The normalized spacial score (nSPS) is 11.6. The average molecular weight is 260 g/mol. The Morgan fingerprint density at radius 3 is 2.47 bits per heavy atom. The Morgan fingerprint density at radius 2 is 1.95 bits per heavy atom. The molecule has 0 unspecified atom stereocenters. The molecular weight excluding hydrogens is 240 g/mol. The lowest BCUT2D eigenvalue weighted by molar-refractivity contribution is -0.127. The third-order valence-corrected chi connectivity index (χ3v) is 2.71. The van der Waals surface area contributed by atoms with Gasteiger partial charge >= 0.3 is 0 Å². The summed E-state index contributed by atoms with van der Waals surface area (Å²) < 4.78 is 0. The Bertz CT molecular complexity index is 454. The first kappa shape index (κ1) is 15.0. The van der Waals surface area contributed by atoms with Crippen molar-refractivity contribution in [3.05, 3.63) is 48.0 Å². The minimum absolute atomic E-state index is 0.172. The van der Waals surface area contributed by atoms with Crippen LogP contribution in [0.2, 0.25) is 0 Å². The first-order valence-corrected chi connectivity index (χ1v) is 6.26. The smallest absolute Gasteiger partial charge is 0.240 e. The van der Waals surface area contributed by atoms with E-state index in [-0.39, 0.29) is 5.91 Å². The van der Waals surface area contributed by atoms with Gasteiger partial charge in [-0.25, -0.2) is 0 Å². The molecule has 1 aromatic rings. The first-order valence-electron chi connectivity index (χ1n) is 6.26. The number of rotatable bonds is 7. The van der Waals surface area contributed by atoms with E-state index in [1.807, 2.05) is 30.3 Å². The molecule has 0 saturated carbocycles. The summed E-state index contributed by atoms with van der Waals surface area (Å²) in [5.74, 6) is -0.704. The van der Waals surface area contributed by atoms with E-state index < -0.39 is 11.9 Å². The van der Waals surface area contributed by atoms with Crippen LogP contribution in [0, 0.1) is 0 Å². The van der Waals surface area contributed by atoms with Gasteiger partial charge in [0.25, 0.3) is 0 Å². The van der Waals surface area contributed by atoms with Gasteiger partial charge in [0.2, 0.25) is 11.8 Å². The molecule has 4 heteroatoms. The van der Waals surface area contributed by atoms with Crippen molar-refractivity contribution in [3.63, 3.8) is 0 Å². The fraction of sp³-hybridized carbons (Fsp3) is 0.333. The summed E-state index contributed by atoms with van der Waals surface area (Å²) in [6.07, 6.45) is 1.36. The number of aryl methyl sites for hydroxylation is 1. The van der Waals surface area contributed by atoms with Crippen molar-refractivity contribution >= 4 is 11.8 Å². The van der Waals surface area contributed by atoms with Crippen molar-refractivity contribution in [2.24, 2.45) is 5.73 Å². The second-order valence-electron chi connectivity index (χ2n) is 4.67. The zero-order valence-corrected chi connectivity index (χ0v) is 11.2. The second kappa shape index (κ2) is 7.36. The van der Waals surface area contributed by atoms with E-state index >= 15 is 0 Å². The molecule has 19 heavy (non-hydrogen) atoms. The largest absolute Gasteiger partial charge is 0.368 e. The molecule has 0 saturated heterocycles. The molecule has 0 aliphatic rings. The molecule has 4 nitrogen and oxygen atoms in total. The Balaban J connectivity index is 2.45. The van der Waals surface area contributed by atoms with Gasteiger partial charge in [-0.05, 0) is 25.3 Å². The highest BCUT2D eigenvalue weighted by Crippen LogP contribution is 2.05. The maximum absolute atomic E-state index is 11.8. The molecule has 3 N–H and O–H groups in total. The predicted octanol–water partition coefficient (Wildman–Crippen LogP) is 1.56. The van der Waals surface area contributed by atoms with Crippen LogP contribution in [0.5, 0.6) is 0 Å². The molecule has 0 aliphatic heterocycles. The van der Waals surface area contributed by atoms with Gasteiger partial charge in [-0.15, -0.1) is 6.58 Å². The summed E-state index contributed by atoms with van der Waals surface area (Å²) >= 11 is 0. The fourth-order valence-electron chi connectivity index (χ4n) is 1.74. The number of hydrogen-bond acceptors (Lipinski definition) is 2. The number of carbonyl (C=O) groups is 2. The zero-order valence-electron chi connectivity index (χ0n) is 11.2. The SMILES string of the molecule is C=C(C)C[C@@H](NC(=O)CCc1ccccc1)C(N)=O. The highest BCUT2D eigenvalue weighted by molar-refractivity contribution is 5.86. The summed E-state index contributed by atoms with van der Waals surface area (Å²) in [4.78, 5) is 23.0. The van der Waals surface area contributed by atoms with Crippen molar-refractivity contribution in [1.29, 1.82) is 0 Å². The molecule has 2 amide bonds. The van der Waals surface area contributed by atoms with Crippen molar-refractivity contribution in [1.82, 2.24) is 5.32 Å². The van der Waals surface area contributed by atoms with Gasteiger partial charge in [-0.1, -0.05) is 35.9 Å². The van der Waals surface area contributed by atoms with E-state index in [4.69, 9.17) is 5.73 Å². The van der Waals surface area contributed by atoms with Crippen LogP contribution in [-0.2, 0) is 16.0 Å². The highest BCUT2D eigenvalue weighted by atomic mass is 16.2. The minimum atomic E-state index is -0.666. The van der Waals surface area contributed by atoms with Gasteiger partial charge in [-0.2, -0.15) is 0 Å². The van der Waals surface area contributed by atoms with E-state index in [0.29, 0.717) is 19.3 Å². The van der Waals surface area contributed by atoms with Crippen LogP contribution in [0.25, 0.3) is 0 Å². The van der Waals surface area contributed by atoms with Gasteiger partial charge in [0.1, 0.15) is 6.04 Å². The fourth-order valence-corrected chi connectivity index (χ4v) is 1.74. The lowest BCUT2D eigenvalue weighted by Crippen LogP contribution is -2.44. The molecule has 1 atom stereocenters. The van der Waals surface area contributed by atoms with Crippen LogP contribution in [-0.4, -0.2) is 17.9 Å². The van der Waals surface area contributed by atoms with E-state index in [0.717, 1.165) is 11.1 Å². The van der Waals surface area contributed by atoms with E-state index in [9.17, 15) is 9.59 Å². The molecule has 0 aromatic heterocycles. The van der Waals surface area contributed by atoms with Crippen LogP contribution in [0.15, 0.2) is 42.5 Å². The molecule has 0 spiro atoms. The number of carbonyl (C=O) groups excluding carboxylic acids is 2. The highest BCUT2D eigenvalue weighted by Gasteiger charge is 2.17. The van der Waals surface area contributed by atoms with Crippen molar-refractivity contribution < 1.29 is 9.59 Å². The second-order valence-corrected chi connectivity index (χ2v) is 4.67. The molecule has 0 heterocycles. The number of amides is 2. The quantitative estimate of drug-likeness (QED) is 0.730. The van der Waals surface area contributed by atoms with Crippen molar-refractivity contribution in [3.8, 4) is 0 Å². The van der Waals surface area contributed by atoms with Gasteiger partial charge < -0.3 is 11.1 Å². The van der Waals surface area contributed by atoms with E-state index in [1.54, 1.807) is 6.92 Å². The summed E-state index contributed by atoms with van der Waals surface area (Å²) in [7, 11) is 0. The summed E-state index contributed by atoms with van der Waals surface area (Å²) in [6, 6.07) is 9.06. The maximum atomic E-state index is 11.8. The molecular formula is C15H20N2O2. The topological polar surface area (TPSA) is 72.2 Å². The number of primary amides is 1. The predicted molar refractivity (Wildman–Crippen MR) is 75.3 cm³/mol. The number of nitrogens with two attached hydrogens (primary N) is 1. The van der Waals surface area contributed by atoms with Gasteiger partial charge in [0, 0.05) is 6.42 Å². The standard InChI is InChI=1S/C15H20N2O2/c1-11(2)10-13(15(16)19)17-14(18)9-8-12-6-4-3-5-7-12/h3-7,13H,1,8-10H2,2H3,(H2,16,19)(H,17,18)/t13-/m1/s1. The molecule has 0 radical (unpaired) electrons. The Hall–Kier alpha value is -2.10. The Kier molecular flexibility index (Phi) is 5.79. The van der Waals surface area contributed by atoms with Gasteiger partial charge in [0.15, 0.2) is 0 Å². The van der Waals surface area contributed by atoms with Crippen molar-refractivity contribution in [2.45, 2.75) is 32.2 Å². The monoisotopic (exact) mass is 260 g/mol. The molecule has 1 aromatic carbocycles. The third-order valence-electron chi connectivity index (χ3n) is 2.71. The number of nitrogens with one attached hydrogen (secondary N) is 1. The number of hydrogen-bond donors (Lipinski definition) is 2. The number of benzene rings is 1. The molecule has 102 valence electrons. The molecule has 1 rings (SSSR count). The lowest BCUT2D eigenvalue weighted by atomic mass is 10.1. The minimum Gasteiger partial charge on any atom is -0.368 e. The van der Waals surface area contributed by atoms with Crippen molar-refractivity contribution in [2.75, 3.05) is 0 Å². The van der Waals surface area contributed by atoms with Crippen LogP contribution in [0.3, 0.4) is 0 Å². The summed E-state index contributed by atoms with van der Waals surface area (Å²) in [6.45, 7) is 5.52. The van der Waals surface area contributed by atoms with E-state index in [1.165, 1.54) is 0 Å². The van der Waals surface area contributed by atoms with E-state index in [2.05, 4.69) is 11.9 Å². The summed E-state index contributed by atoms with van der Waals surface area (Å²) in [5.41, 5.74) is 7.15. The molecule has 0 aliphatic carbocycles. The Morgan fingerprint density at radius 1 is 1.32 bits per heavy atom. The van der Waals surface area contributed by atoms with Crippen LogP contribution in [0.1, 0.15) is 25.3 Å². The lowest BCUT2D eigenvalue weighted by Gasteiger charge is -2.15. The van der Waals surface area contributed by atoms with Crippen LogP contribution in [0.4, 0.5) is 0 Å².